The van der Waals surface area contributed by atoms with Crippen molar-refractivity contribution in [1.29, 1.82) is 0 Å². The van der Waals surface area contributed by atoms with E-state index in [-0.39, 0.29) is 30.1 Å². The summed E-state index contributed by atoms with van der Waals surface area (Å²) in [5, 5.41) is 6.71. The van der Waals surface area contributed by atoms with E-state index in [4.69, 9.17) is 14.5 Å². The van der Waals surface area contributed by atoms with E-state index in [1.54, 1.807) is 0 Å². The van der Waals surface area contributed by atoms with Crippen LogP contribution in [0, 0.1) is 0 Å². The third kappa shape index (κ3) is 8.52. The van der Waals surface area contributed by atoms with E-state index < -0.39 is 0 Å². The smallest absolute Gasteiger partial charge is 0.191 e. The van der Waals surface area contributed by atoms with E-state index in [1.165, 1.54) is 5.56 Å². The van der Waals surface area contributed by atoms with Gasteiger partial charge in [0, 0.05) is 58.7 Å². The number of rotatable bonds is 9. The Balaban J connectivity index is 0.00000320. The van der Waals surface area contributed by atoms with Crippen LogP contribution in [0.15, 0.2) is 23.3 Å². The molecular weight excluding hydrogens is 495 g/mol. The van der Waals surface area contributed by atoms with Gasteiger partial charge in [-0.25, -0.2) is 9.98 Å². The Morgan fingerprint density at radius 2 is 2.13 bits per heavy atom. The summed E-state index contributed by atoms with van der Waals surface area (Å²) in [5.74, 6) is 1.89. The van der Waals surface area contributed by atoms with Crippen LogP contribution in [0.5, 0.6) is 0 Å². The van der Waals surface area contributed by atoms with Gasteiger partial charge in [-0.3, -0.25) is 0 Å². The van der Waals surface area contributed by atoms with Gasteiger partial charge in [-0.2, -0.15) is 0 Å². The summed E-state index contributed by atoms with van der Waals surface area (Å²) in [6.07, 6.45) is 4.13. The van der Waals surface area contributed by atoms with Crippen LogP contribution < -0.4 is 15.5 Å². The average molecular weight is 532 g/mol. The van der Waals surface area contributed by atoms with Crippen LogP contribution in [-0.2, 0) is 16.0 Å². The number of guanidine groups is 1. The third-order valence-corrected chi connectivity index (χ3v) is 5.26. The number of aromatic nitrogens is 1. The van der Waals surface area contributed by atoms with Crippen molar-refractivity contribution in [3.63, 3.8) is 0 Å². The molecule has 0 aliphatic carbocycles. The molecule has 0 aromatic carbocycles. The summed E-state index contributed by atoms with van der Waals surface area (Å²) in [5.41, 5.74) is 1.18. The lowest BCUT2D eigenvalue weighted by atomic mass is 10.2. The van der Waals surface area contributed by atoms with Crippen LogP contribution in [0.4, 0.5) is 5.82 Å². The van der Waals surface area contributed by atoms with Crippen molar-refractivity contribution in [2.75, 3.05) is 71.0 Å². The number of anilines is 1. The van der Waals surface area contributed by atoms with Crippen LogP contribution in [-0.4, -0.2) is 88.1 Å². The highest BCUT2D eigenvalue weighted by Gasteiger charge is 2.16. The molecule has 2 aliphatic heterocycles. The Morgan fingerprint density at radius 1 is 1.30 bits per heavy atom. The lowest BCUT2D eigenvalue weighted by Crippen LogP contribution is -2.44. The van der Waals surface area contributed by atoms with Gasteiger partial charge in [0.25, 0.3) is 0 Å². The molecule has 0 radical (unpaired) electrons. The molecule has 0 bridgehead atoms. The highest BCUT2D eigenvalue weighted by molar-refractivity contribution is 14.0. The van der Waals surface area contributed by atoms with Crippen LogP contribution in [0.1, 0.15) is 25.3 Å². The minimum atomic E-state index is 0. The molecule has 0 saturated carbocycles. The normalized spacial score (nSPS) is 20.1. The second kappa shape index (κ2) is 14.0. The first-order valence-corrected chi connectivity index (χ1v) is 10.8. The van der Waals surface area contributed by atoms with E-state index in [0.29, 0.717) is 6.54 Å². The Hall–Kier alpha value is -1.17. The predicted molar refractivity (Wildman–Crippen MR) is 132 cm³/mol. The Labute approximate surface area is 197 Å². The van der Waals surface area contributed by atoms with Gasteiger partial charge in [-0.05, 0) is 44.5 Å². The second-order valence-corrected chi connectivity index (χ2v) is 7.64. The molecule has 2 aliphatic rings. The third-order valence-electron chi connectivity index (χ3n) is 5.26. The molecule has 1 unspecified atom stereocenters. The highest BCUT2D eigenvalue weighted by Crippen LogP contribution is 2.15. The van der Waals surface area contributed by atoms with Crippen molar-refractivity contribution in [2.45, 2.75) is 32.4 Å². The Kier molecular flexibility index (Phi) is 11.7. The number of piperazine rings is 1. The molecule has 2 N–H and O–H groups in total. The molecule has 0 amide bonds. The summed E-state index contributed by atoms with van der Waals surface area (Å²) in [4.78, 5) is 14.0. The van der Waals surface area contributed by atoms with E-state index in [1.807, 2.05) is 12.3 Å². The topological polar surface area (TPSA) is 74.3 Å². The molecule has 9 heteroatoms. The molecule has 2 saturated heterocycles. The maximum absolute atomic E-state index is 5.81. The zero-order chi connectivity index (χ0) is 20.3. The first-order valence-electron chi connectivity index (χ1n) is 10.8. The zero-order valence-electron chi connectivity index (χ0n) is 18.3. The quantitative estimate of drug-likeness (QED) is 0.217. The first-order chi connectivity index (χ1) is 14.2. The second-order valence-electron chi connectivity index (χ2n) is 7.64. The fourth-order valence-corrected chi connectivity index (χ4v) is 3.45. The Morgan fingerprint density at radius 3 is 2.87 bits per heavy atom. The molecule has 1 aromatic heterocycles. The van der Waals surface area contributed by atoms with Crippen molar-refractivity contribution < 1.29 is 9.47 Å². The van der Waals surface area contributed by atoms with Crippen molar-refractivity contribution in [1.82, 2.24) is 20.5 Å². The molecular formula is C21H37IN6O2. The van der Waals surface area contributed by atoms with Gasteiger partial charge in [0.05, 0.1) is 19.3 Å². The van der Waals surface area contributed by atoms with Crippen LogP contribution in [0.3, 0.4) is 0 Å². The van der Waals surface area contributed by atoms with Gasteiger partial charge in [-0.1, -0.05) is 0 Å². The number of ether oxygens (including phenoxy) is 2. The monoisotopic (exact) mass is 532 g/mol. The number of hydrogen-bond acceptors (Lipinski definition) is 6. The summed E-state index contributed by atoms with van der Waals surface area (Å²) in [6, 6.07) is 4.21. The van der Waals surface area contributed by atoms with Crippen molar-refractivity contribution in [3.8, 4) is 0 Å². The maximum atomic E-state index is 5.81. The van der Waals surface area contributed by atoms with Gasteiger partial charge in [0.15, 0.2) is 5.96 Å². The van der Waals surface area contributed by atoms with Crippen molar-refractivity contribution >= 4 is 35.8 Å². The van der Waals surface area contributed by atoms with Crippen molar-refractivity contribution in [3.05, 3.63) is 23.9 Å². The standard InChI is InChI=1S/C21H36N6O2.HI/c1-3-22-21(24-7-4-13-29-19-6-14-28-17-19)25-16-18-5-8-23-20(15-18)27-11-9-26(2)10-12-27;/h5,8,15,19H,3-4,6-7,9-14,16-17H2,1-2H3,(H2,22,24,25);1H. The lowest BCUT2D eigenvalue weighted by Gasteiger charge is -2.33. The number of hydrogen-bond donors (Lipinski definition) is 2. The average Bonchev–Trinajstić information content (AvgIpc) is 3.26. The molecule has 30 heavy (non-hydrogen) atoms. The van der Waals surface area contributed by atoms with E-state index in [9.17, 15) is 0 Å². The molecule has 0 spiro atoms. The molecule has 170 valence electrons. The predicted octanol–water partition coefficient (Wildman–Crippen LogP) is 1.70. The first kappa shape index (κ1) is 25.1. The van der Waals surface area contributed by atoms with Crippen LogP contribution >= 0.6 is 24.0 Å². The number of nitrogens with one attached hydrogen (secondary N) is 2. The molecule has 3 heterocycles. The minimum absolute atomic E-state index is 0. The largest absolute Gasteiger partial charge is 0.379 e. The SMILES string of the molecule is CCNC(=NCc1ccnc(N2CCN(C)CC2)c1)NCCCOC1CCOC1.I. The minimum Gasteiger partial charge on any atom is -0.379 e. The zero-order valence-corrected chi connectivity index (χ0v) is 20.6. The van der Waals surface area contributed by atoms with Crippen LogP contribution in [0.2, 0.25) is 0 Å². The van der Waals surface area contributed by atoms with Gasteiger partial charge in [0.1, 0.15) is 5.82 Å². The fourth-order valence-electron chi connectivity index (χ4n) is 3.45. The molecule has 1 atom stereocenters. The summed E-state index contributed by atoms with van der Waals surface area (Å²) in [6.45, 7) is 10.9. The molecule has 3 rings (SSSR count). The molecule has 2 fully saturated rings. The number of nitrogens with zero attached hydrogens (tertiary/aromatic N) is 4. The summed E-state index contributed by atoms with van der Waals surface area (Å²) >= 11 is 0. The van der Waals surface area contributed by atoms with Gasteiger partial charge >= 0.3 is 0 Å². The number of halogens is 1. The van der Waals surface area contributed by atoms with Crippen molar-refractivity contribution in [2.24, 2.45) is 4.99 Å². The van der Waals surface area contributed by atoms with Gasteiger partial charge in [-0.15, -0.1) is 24.0 Å². The fraction of sp³-hybridized carbons (Fsp3) is 0.714. The lowest BCUT2D eigenvalue weighted by molar-refractivity contribution is 0.0420. The van der Waals surface area contributed by atoms with E-state index in [0.717, 1.165) is 83.7 Å². The van der Waals surface area contributed by atoms with Gasteiger partial charge < -0.3 is 29.9 Å². The molecule has 8 nitrogen and oxygen atoms in total. The maximum Gasteiger partial charge on any atom is 0.191 e. The highest BCUT2D eigenvalue weighted by atomic mass is 127. The van der Waals surface area contributed by atoms with Crippen LogP contribution in [0.25, 0.3) is 0 Å². The summed E-state index contributed by atoms with van der Waals surface area (Å²) < 4.78 is 11.1. The Bertz CT molecular complexity index is 634. The summed E-state index contributed by atoms with van der Waals surface area (Å²) in [7, 11) is 2.17. The van der Waals surface area contributed by atoms with Gasteiger partial charge in [0.2, 0.25) is 0 Å². The van der Waals surface area contributed by atoms with E-state index >= 15 is 0 Å². The molecule has 1 aromatic rings. The number of pyridine rings is 1. The number of likely N-dealkylation sites (N-methyl/N-ethyl adjacent to an activating group) is 1. The number of aliphatic imine (C=N–C) groups is 1. The van der Waals surface area contributed by atoms with E-state index in [2.05, 4.69) is 45.5 Å².